The van der Waals surface area contributed by atoms with Gasteiger partial charge in [-0.25, -0.2) is 5.43 Å². The van der Waals surface area contributed by atoms with E-state index in [4.69, 9.17) is 16.3 Å². The summed E-state index contributed by atoms with van der Waals surface area (Å²) in [5.41, 5.74) is 5.84. The van der Waals surface area contributed by atoms with Crippen LogP contribution in [0.3, 0.4) is 0 Å². The molecule has 0 aromatic heterocycles. The van der Waals surface area contributed by atoms with Crippen LogP contribution in [0.1, 0.15) is 22.3 Å². The van der Waals surface area contributed by atoms with E-state index in [9.17, 15) is 9.59 Å². The van der Waals surface area contributed by atoms with Crippen LogP contribution in [0.5, 0.6) is 5.75 Å². The average molecular weight is 515 g/mol. The Morgan fingerprint density at radius 1 is 1.06 bits per heavy atom. The molecule has 3 aromatic rings. The van der Waals surface area contributed by atoms with Gasteiger partial charge in [0.2, 0.25) is 0 Å². The molecule has 0 spiro atoms. The van der Waals surface area contributed by atoms with Gasteiger partial charge in [-0.1, -0.05) is 59.6 Å². The van der Waals surface area contributed by atoms with Crippen LogP contribution in [-0.2, 0) is 22.7 Å². The number of hydrogen-bond acceptors (Lipinski definition) is 4. The molecule has 0 unspecified atom stereocenters. The van der Waals surface area contributed by atoms with Crippen LogP contribution in [0.2, 0.25) is 5.02 Å². The number of hydrogen-bond donors (Lipinski definition) is 2. The molecule has 0 saturated carbocycles. The zero-order valence-electron chi connectivity index (χ0n) is 17.3. The third kappa shape index (κ3) is 6.93. The Bertz CT molecular complexity index is 1130. The van der Waals surface area contributed by atoms with Crippen molar-refractivity contribution in [3.63, 3.8) is 0 Å². The smallest absolute Gasteiger partial charge is 0.329 e. The van der Waals surface area contributed by atoms with Crippen molar-refractivity contribution in [1.29, 1.82) is 0 Å². The monoisotopic (exact) mass is 513 g/mol. The summed E-state index contributed by atoms with van der Waals surface area (Å²) in [4.78, 5) is 23.8. The van der Waals surface area contributed by atoms with Crippen molar-refractivity contribution in [3.05, 3.63) is 98.5 Å². The van der Waals surface area contributed by atoms with Gasteiger partial charge in [0, 0.05) is 17.1 Å². The molecule has 32 heavy (non-hydrogen) atoms. The van der Waals surface area contributed by atoms with Crippen LogP contribution < -0.4 is 15.5 Å². The Kier molecular flexibility index (Phi) is 8.41. The maximum Gasteiger partial charge on any atom is 0.329 e. The summed E-state index contributed by atoms with van der Waals surface area (Å²) in [7, 11) is 0. The van der Waals surface area contributed by atoms with Crippen molar-refractivity contribution in [2.24, 2.45) is 5.10 Å². The largest absolute Gasteiger partial charge is 0.488 e. The van der Waals surface area contributed by atoms with E-state index >= 15 is 0 Å². The van der Waals surface area contributed by atoms with E-state index in [0.29, 0.717) is 22.9 Å². The second-order valence-corrected chi connectivity index (χ2v) is 8.20. The highest BCUT2D eigenvalue weighted by Gasteiger charge is 2.12. The first-order valence-electron chi connectivity index (χ1n) is 9.75. The highest BCUT2D eigenvalue weighted by atomic mass is 79.9. The lowest BCUT2D eigenvalue weighted by Gasteiger charge is -2.10. The normalized spacial score (nSPS) is 10.7. The highest BCUT2D eigenvalue weighted by molar-refractivity contribution is 9.10. The van der Waals surface area contributed by atoms with E-state index in [1.807, 2.05) is 55.5 Å². The van der Waals surface area contributed by atoms with E-state index in [0.717, 1.165) is 21.2 Å². The van der Waals surface area contributed by atoms with Gasteiger partial charge < -0.3 is 10.1 Å². The molecule has 3 aromatic carbocycles. The summed E-state index contributed by atoms with van der Waals surface area (Å²) in [6, 6.07) is 20.5. The fourth-order valence-corrected chi connectivity index (χ4v) is 3.37. The Balaban J connectivity index is 1.48. The van der Waals surface area contributed by atoms with E-state index < -0.39 is 11.8 Å². The molecule has 8 heteroatoms. The molecule has 0 atom stereocenters. The van der Waals surface area contributed by atoms with Gasteiger partial charge >= 0.3 is 11.8 Å². The quantitative estimate of drug-likeness (QED) is 0.271. The third-order valence-electron chi connectivity index (χ3n) is 4.46. The zero-order chi connectivity index (χ0) is 22.9. The lowest BCUT2D eigenvalue weighted by Crippen LogP contribution is -2.37. The predicted octanol–water partition coefficient (Wildman–Crippen LogP) is 4.76. The van der Waals surface area contributed by atoms with Crippen LogP contribution >= 0.6 is 27.5 Å². The first-order valence-corrected chi connectivity index (χ1v) is 10.9. The average Bonchev–Trinajstić information content (AvgIpc) is 2.79. The number of hydrazone groups is 1. The summed E-state index contributed by atoms with van der Waals surface area (Å²) in [5.74, 6) is -0.957. The first-order chi connectivity index (χ1) is 15.4. The molecule has 6 nitrogen and oxygen atoms in total. The number of rotatable bonds is 7. The third-order valence-corrected chi connectivity index (χ3v) is 5.45. The zero-order valence-corrected chi connectivity index (χ0v) is 19.6. The molecule has 164 valence electrons. The van der Waals surface area contributed by atoms with Crippen molar-refractivity contribution < 1.29 is 14.3 Å². The first kappa shape index (κ1) is 23.5. The Hall–Kier alpha value is -3.16. The Morgan fingerprint density at radius 2 is 1.81 bits per heavy atom. The second kappa shape index (κ2) is 11.5. The molecule has 0 aliphatic carbocycles. The topological polar surface area (TPSA) is 79.8 Å². The number of benzene rings is 3. The Labute approximate surface area is 199 Å². The maximum atomic E-state index is 11.9. The van der Waals surface area contributed by atoms with Crippen LogP contribution in [0, 0.1) is 6.92 Å². The van der Waals surface area contributed by atoms with Crippen LogP contribution in [-0.4, -0.2) is 18.0 Å². The predicted molar refractivity (Wildman–Crippen MR) is 129 cm³/mol. The standard InChI is InChI=1S/C24H21BrClN3O3/c1-16-6-8-17(9-7-16)13-27-23(30)24(31)29-28-14-18-10-11-22(20(25)12-18)32-15-19-4-2-3-5-21(19)26/h2-12,14H,13,15H2,1H3,(H,27,30)(H,29,31)/b28-14-. The second-order valence-electron chi connectivity index (χ2n) is 6.94. The molecular weight excluding hydrogens is 494 g/mol. The number of amides is 2. The van der Waals surface area contributed by atoms with Gasteiger partial charge in [0.25, 0.3) is 0 Å². The van der Waals surface area contributed by atoms with Gasteiger partial charge in [-0.2, -0.15) is 5.10 Å². The number of carbonyl (C=O) groups excluding carboxylic acids is 2. The minimum Gasteiger partial charge on any atom is -0.488 e. The van der Waals surface area contributed by atoms with Crippen LogP contribution in [0.25, 0.3) is 0 Å². The van der Waals surface area contributed by atoms with Gasteiger partial charge in [-0.05, 0) is 58.2 Å². The minimum absolute atomic E-state index is 0.263. The number of carbonyl (C=O) groups is 2. The molecule has 2 amide bonds. The number of ether oxygens (including phenoxy) is 1. The molecule has 0 heterocycles. The highest BCUT2D eigenvalue weighted by Crippen LogP contribution is 2.27. The summed E-state index contributed by atoms with van der Waals surface area (Å²) in [5, 5.41) is 7.04. The molecule has 2 N–H and O–H groups in total. The van der Waals surface area contributed by atoms with E-state index in [2.05, 4.69) is 31.8 Å². The van der Waals surface area contributed by atoms with E-state index in [1.165, 1.54) is 6.21 Å². The Morgan fingerprint density at radius 3 is 2.53 bits per heavy atom. The molecule has 0 aliphatic rings. The van der Waals surface area contributed by atoms with Crippen molar-refractivity contribution in [3.8, 4) is 5.75 Å². The van der Waals surface area contributed by atoms with Crippen molar-refractivity contribution >= 4 is 45.6 Å². The fraction of sp³-hybridized carbons (Fsp3) is 0.125. The van der Waals surface area contributed by atoms with Gasteiger partial charge in [0.15, 0.2) is 0 Å². The fourth-order valence-electron chi connectivity index (χ4n) is 2.67. The molecule has 0 fully saturated rings. The number of nitrogens with zero attached hydrogens (tertiary/aromatic N) is 1. The molecule has 0 aliphatic heterocycles. The number of aryl methyl sites for hydroxylation is 1. The minimum atomic E-state index is -0.841. The lowest BCUT2D eigenvalue weighted by molar-refractivity contribution is -0.139. The van der Waals surface area contributed by atoms with E-state index in [1.54, 1.807) is 18.2 Å². The SMILES string of the molecule is Cc1ccc(CNC(=O)C(=O)N/N=C\c2ccc(OCc3ccccc3Cl)c(Br)c2)cc1. The molecular formula is C24H21BrClN3O3. The van der Waals surface area contributed by atoms with Gasteiger partial charge in [-0.15, -0.1) is 0 Å². The summed E-state index contributed by atoms with van der Waals surface area (Å²) in [6.07, 6.45) is 1.44. The summed E-state index contributed by atoms with van der Waals surface area (Å²) >= 11 is 9.60. The summed E-state index contributed by atoms with van der Waals surface area (Å²) in [6.45, 7) is 2.58. The van der Waals surface area contributed by atoms with Crippen LogP contribution in [0.4, 0.5) is 0 Å². The molecule has 0 saturated heterocycles. The number of halogens is 2. The maximum absolute atomic E-state index is 11.9. The summed E-state index contributed by atoms with van der Waals surface area (Å²) < 4.78 is 6.52. The lowest BCUT2D eigenvalue weighted by atomic mass is 10.1. The van der Waals surface area contributed by atoms with Gasteiger partial charge in [-0.3, -0.25) is 9.59 Å². The van der Waals surface area contributed by atoms with E-state index in [-0.39, 0.29) is 6.54 Å². The van der Waals surface area contributed by atoms with Crippen LogP contribution in [0.15, 0.2) is 76.3 Å². The van der Waals surface area contributed by atoms with Crippen molar-refractivity contribution in [2.45, 2.75) is 20.1 Å². The van der Waals surface area contributed by atoms with Gasteiger partial charge in [0.1, 0.15) is 12.4 Å². The van der Waals surface area contributed by atoms with Crippen molar-refractivity contribution in [2.75, 3.05) is 0 Å². The molecule has 0 radical (unpaired) electrons. The number of nitrogens with one attached hydrogen (secondary N) is 2. The molecule has 0 bridgehead atoms. The van der Waals surface area contributed by atoms with Gasteiger partial charge in [0.05, 0.1) is 10.7 Å². The molecule has 3 rings (SSSR count). The van der Waals surface area contributed by atoms with Crippen molar-refractivity contribution in [1.82, 2.24) is 10.7 Å².